The number of hydrogen-bond donors (Lipinski definition) is 1. The molecule has 3 aliphatic carbocycles. The lowest BCUT2D eigenvalue weighted by atomic mass is 9.85. The summed E-state index contributed by atoms with van der Waals surface area (Å²) in [5, 5.41) is 9.41. The molecule has 0 aromatic heterocycles. The van der Waals surface area contributed by atoms with E-state index in [2.05, 4.69) is 0 Å². The predicted octanol–water partition coefficient (Wildman–Crippen LogP) is 0.896. The largest absolute Gasteiger partial charge is 0.396 e. The van der Waals surface area contributed by atoms with Crippen molar-refractivity contribution in [3.63, 3.8) is 0 Å². The normalized spacial score (nSPS) is 66.7. The minimum absolute atomic E-state index is 0.408. The van der Waals surface area contributed by atoms with Gasteiger partial charge in [0.2, 0.25) is 0 Å². The van der Waals surface area contributed by atoms with Crippen LogP contribution in [-0.4, -0.2) is 24.4 Å². The third-order valence-corrected chi connectivity index (χ3v) is 5.32. The summed E-state index contributed by atoms with van der Waals surface area (Å²) in [5.41, 5.74) is 0. The molecule has 0 amide bonds. The summed E-state index contributed by atoms with van der Waals surface area (Å²) < 4.78 is 5.88. The molecule has 7 unspecified atom stereocenters. The Morgan fingerprint density at radius 3 is 2.85 bits per heavy atom. The SMILES string of the molecule is OCC1C2CC3CC2C2C1COC32. The zero-order valence-electron chi connectivity index (χ0n) is 7.73. The van der Waals surface area contributed by atoms with Crippen LogP contribution in [0.25, 0.3) is 0 Å². The fraction of sp³-hybridized carbons (Fsp3) is 1.00. The van der Waals surface area contributed by atoms with E-state index in [1.165, 1.54) is 12.8 Å². The van der Waals surface area contributed by atoms with Gasteiger partial charge in [-0.1, -0.05) is 0 Å². The molecule has 1 aliphatic heterocycles. The molecule has 2 heteroatoms. The van der Waals surface area contributed by atoms with E-state index < -0.39 is 0 Å². The number of ether oxygens (including phenoxy) is 1. The third-order valence-electron chi connectivity index (χ3n) is 5.32. The molecule has 0 aromatic rings. The van der Waals surface area contributed by atoms with Crippen molar-refractivity contribution in [2.24, 2.45) is 35.5 Å². The number of aliphatic hydroxyl groups excluding tert-OH is 1. The monoisotopic (exact) mass is 180 g/mol. The van der Waals surface area contributed by atoms with Crippen molar-refractivity contribution in [1.29, 1.82) is 0 Å². The van der Waals surface area contributed by atoms with Crippen molar-refractivity contribution in [1.82, 2.24) is 0 Å². The lowest BCUT2D eigenvalue weighted by Gasteiger charge is -2.26. The smallest absolute Gasteiger partial charge is 0.0638 e. The molecule has 4 rings (SSSR count). The lowest BCUT2D eigenvalue weighted by Crippen LogP contribution is -2.26. The fourth-order valence-electron chi connectivity index (χ4n) is 5.05. The minimum Gasteiger partial charge on any atom is -0.396 e. The van der Waals surface area contributed by atoms with Crippen molar-refractivity contribution in [2.75, 3.05) is 13.2 Å². The van der Waals surface area contributed by atoms with Crippen LogP contribution in [0.1, 0.15) is 12.8 Å². The van der Waals surface area contributed by atoms with Crippen molar-refractivity contribution in [2.45, 2.75) is 18.9 Å². The molecular formula is C11H16O2. The maximum Gasteiger partial charge on any atom is 0.0638 e. The first-order valence-corrected chi connectivity index (χ1v) is 5.62. The van der Waals surface area contributed by atoms with E-state index >= 15 is 0 Å². The zero-order valence-corrected chi connectivity index (χ0v) is 7.73. The first kappa shape index (κ1) is 7.24. The number of aliphatic hydroxyl groups is 1. The van der Waals surface area contributed by atoms with Crippen LogP contribution in [0, 0.1) is 35.5 Å². The topological polar surface area (TPSA) is 29.5 Å². The molecule has 0 spiro atoms. The van der Waals surface area contributed by atoms with Gasteiger partial charge in [-0.25, -0.2) is 0 Å². The van der Waals surface area contributed by atoms with Gasteiger partial charge in [-0.15, -0.1) is 0 Å². The van der Waals surface area contributed by atoms with Gasteiger partial charge < -0.3 is 9.84 Å². The van der Waals surface area contributed by atoms with Crippen LogP contribution < -0.4 is 0 Å². The summed E-state index contributed by atoms with van der Waals surface area (Å²) in [7, 11) is 0. The molecule has 0 aromatic carbocycles. The molecule has 7 atom stereocenters. The van der Waals surface area contributed by atoms with Crippen molar-refractivity contribution in [3.05, 3.63) is 0 Å². The van der Waals surface area contributed by atoms with Crippen molar-refractivity contribution >= 4 is 0 Å². The molecule has 1 heterocycles. The van der Waals surface area contributed by atoms with Crippen LogP contribution in [0.3, 0.4) is 0 Å². The van der Waals surface area contributed by atoms with Gasteiger partial charge >= 0.3 is 0 Å². The Bertz CT molecular complexity index is 252. The molecule has 2 bridgehead atoms. The van der Waals surface area contributed by atoms with Crippen molar-refractivity contribution < 1.29 is 9.84 Å². The third kappa shape index (κ3) is 0.637. The fourth-order valence-corrected chi connectivity index (χ4v) is 5.05. The van der Waals surface area contributed by atoms with Crippen LogP contribution in [-0.2, 0) is 4.74 Å². The molecule has 4 aliphatic rings. The van der Waals surface area contributed by atoms with Gasteiger partial charge in [0.1, 0.15) is 0 Å². The Kier molecular flexibility index (Phi) is 1.18. The molecule has 1 N–H and O–H groups in total. The molecule has 3 saturated carbocycles. The van der Waals surface area contributed by atoms with Gasteiger partial charge in [0, 0.05) is 6.61 Å². The molecular weight excluding hydrogens is 164 g/mol. The number of hydrogen-bond acceptors (Lipinski definition) is 2. The molecule has 72 valence electrons. The van der Waals surface area contributed by atoms with Gasteiger partial charge in [0.15, 0.2) is 0 Å². The molecule has 0 radical (unpaired) electrons. The minimum atomic E-state index is 0.408. The van der Waals surface area contributed by atoms with E-state index in [0.717, 1.165) is 36.2 Å². The van der Waals surface area contributed by atoms with Gasteiger partial charge in [-0.3, -0.25) is 0 Å². The van der Waals surface area contributed by atoms with E-state index in [9.17, 15) is 5.11 Å². The highest BCUT2D eigenvalue weighted by Crippen LogP contribution is 2.67. The van der Waals surface area contributed by atoms with Gasteiger partial charge in [-0.2, -0.15) is 0 Å². The first-order valence-electron chi connectivity index (χ1n) is 5.62. The van der Waals surface area contributed by atoms with E-state index in [0.29, 0.717) is 18.6 Å². The van der Waals surface area contributed by atoms with Crippen LogP contribution in [0.5, 0.6) is 0 Å². The van der Waals surface area contributed by atoms with E-state index in [4.69, 9.17) is 4.74 Å². The quantitative estimate of drug-likeness (QED) is 0.649. The highest BCUT2D eigenvalue weighted by molar-refractivity contribution is 5.14. The Balaban J connectivity index is 1.81. The average molecular weight is 180 g/mol. The van der Waals surface area contributed by atoms with Gasteiger partial charge in [-0.05, 0) is 48.3 Å². The summed E-state index contributed by atoms with van der Waals surface area (Å²) in [6, 6.07) is 0. The number of rotatable bonds is 1. The molecule has 4 fully saturated rings. The van der Waals surface area contributed by atoms with Crippen LogP contribution in [0.2, 0.25) is 0 Å². The predicted molar refractivity (Wildman–Crippen MR) is 47.0 cm³/mol. The average Bonchev–Trinajstić information content (AvgIpc) is 2.74. The summed E-state index contributed by atoms with van der Waals surface area (Å²) >= 11 is 0. The maximum atomic E-state index is 9.41. The molecule has 2 nitrogen and oxygen atoms in total. The summed E-state index contributed by atoms with van der Waals surface area (Å²) in [4.78, 5) is 0. The highest BCUT2D eigenvalue weighted by Gasteiger charge is 2.66. The summed E-state index contributed by atoms with van der Waals surface area (Å²) in [6.07, 6.45) is 3.36. The second kappa shape index (κ2) is 2.12. The standard InChI is InChI=1S/C11H16O2/c12-3-8-6-1-5-2-7(6)10-9(8)4-13-11(5)10/h5-12H,1-4H2. The second-order valence-corrected chi connectivity index (χ2v) is 5.44. The van der Waals surface area contributed by atoms with Gasteiger partial charge in [0.05, 0.1) is 12.7 Å². The van der Waals surface area contributed by atoms with Gasteiger partial charge in [0.25, 0.3) is 0 Å². The zero-order chi connectivity index (χ0) is 8.58. The van der Waals surface area contributed by atoms with Crippen LogP contribution >= 0.6 is 0 Å². The second-order valence-electron chi connectivity index (χ2n) is 5.44. The van der Waals surface area contributed by atoms with Crippen molar-refractivity contribution in [3.8, 4) is 0 Å². The first-order chi connectivity index (χ1) is 6.40. The highest BCUT2D eigenvalue weighted by atomic mass is 16.5. The summed E-state index contributed by atoms with van der Waals surface area (Å²) in [5.74, 6) is 4.82. The maximum absolute atomic E-state index is 9.41. The van der Waals surface area contributed by atoms with Crippen LogP contribution in [0.15, 0.2) is 0 Å². The van der Waals surface area contributed by atoms with E-state index in [1.54, 1.807) is 0 Å². The summed E-state index contributed by atoms with van der Waals surface area (Å²) in [6.45, 7) is 1.36. The van der Waals surface area contributed by atoms with Crippen LogP contribution in [0.4, 0.5) is 0 Å². The van der Waals surface area contributed by atoms with E-state index in [-0.39, 0.29) is 0 Å². The Labute approximate surface area is 78.3 Å². The Hall–Kier alpha value is -0.0800. The Morgan fingerprint density at radius 1 is 1.15 bits per heavy atom. The molecule has 13 heavy (non-hydrogen) atoms. The lowest BCUT2D eigenvalue weighted by molar-refractivity contribution is 0.0215. The molecule has 1 saturated heterocycles. The number of fused-ring (bicyclic) bond motifs is 2. The Morgan fingerprint density at radius 2 is 2.00 bits per heavy atom. The van der Waals surface area contributed by atoms with E-state index in [1.807, 2.05) is 0 Å².